The molecule has 0 saturated heterocycles. The van der Waals surface area contributed by atoms with Crippen LogP contribution in [-0.2, 0) is 9.53 Å². The van der Waals surface area contributed by atoms with E-state index in [0.29, 0.717) is 5.57 Å². The van der Waals surface area contributed by atoms with E-state index < -0.39 is 6.10 Å². The number of fused-ring (bicyclic) bond motifs is 1. The maximum atomic E-state index is 12.9. The first-order valence-electron chi connectivity index (χ1n) is 8.86. The quantitative estimate of drug-likeness (QED) is 0.643. The van der Waals surface area contributed by atoms with Crippen LogP contribution < -0.4 is 5.32 Å². The summed E-state index contributed by atoms with van der Waals surface area (Å²) in [5.41, 5.74) is 4.29. The van der Waals surface area contributed by atoms with Crippen LogP contribution in [0.3, 0.4) is 0 Å². The summed E-state index contributed by atoms with van der Waals surface area (Å²) in [6.07, 6.45) is 4.90. The van der Waals surface area contributed by atoms with Crippen LogP contribution in [0.25, 0.3) is 6.08 Å². The highest BCUT2D eigenvalue weighted by Crippen LogP contribution is 2.28. The van der Waals surface area contributed by atoms with Crippen molar-refractivity contribution in [3.8, 4) is 0 Å². The molecule has 1 aliphatic rings. The minimum atomic E-state index is -0.458. The Bertz CT molecular complexity index is 952. The first-order chi connectivity index (χ1) is 13.3. The Kier molecular flexibility index (Phi) is 4.84. The van der Waals surface area contributed by atoms with Gasteiger partial charge >= 0.3 is 5.97 Å². The van der Waals surface area contributed by atoms with Gasteiger partial charge < -0.3 is 10.1 Å². The maximum Gasteiger partial charge on any atom is 0.339 e. The van der Waals surface area contributed by atoms with Gasteiger partial charge in [0.2, 0.25) is 0 Å². The van der Waals surface area contributed by atoms with E-state index >= 15 is 0 Å². The largest absolute Gasteiger partial charge is 0.449 e. The van der Waals surface area contributed by atoms with E-state index in [1.807, 2.05) is 91.0 Å². The third kappa shape index (κ3) is 3.82. The molecule has 4 rings (SSSR count). The number of nitrogens with one attached hydrogen (secondary N) is 1. The summed E-state index contributed by atoms with van der Waals surface area (Å²) in [5, 5.41) is 3.19. The second-order valence-electron chi connectivity index (χ2n) is 6.27. The smallest absolute Gasteiger partial charge is 0.339 e. The Morgan fingerprint density at radius 1 is 0.778 bits per heavy atom. The van der Waals surface area contributed by atoms with Crippen molar-refractivity contribution >= 4 is 17.7 Å². The van der Waals surface area contributed by atoms with E-state index in [1.165, 1.54) is 0 Å². The molecular weight excluding hydrogens is 334 g/mol. The lowest BCUT2D eigenvalue weighted by Crippen LogP contribution is -2.14. The fourth-order valence-corrected chi connectivity index (χ4v) is 3.08. The minimum absolute atomic E-state index is 0.359. The number of benzene rings is 3. The van der Waals surface area contributed by atoms with Gasteiger partial charge in [-0.1, -0.05) is 78.9 Å². The topological polar surface area (TPSA) is 38.3 Å². The summed E-state index contributed by atoms with van der Waals surface area (Å²) < 4.78 is 5.95. The molecule has 1 aliphatic heterocycles. The second-order valence-corrected chi connectivity index (χ2v) is 6.27. The molecule has 0 atom stereocenters. The summed E-state index contributed by atoms with van der Waals surface area (Å²) in [6.45, 7) is 0. The number of para-hydroxylation sites is 1. The normalized spacial score (nSPS) is 12.6. The summed E-state index contributed by atoms with van der Waals surface area (Å²) >= 11 is 0. The Balaban J connectivity index is 1.66. The minimum Gasteiger partial charge on any atom is -0.449 e. The molecule has 3 aromatic rings. The van der Waals surface area contributed by atoms with E-state index in [1.54, 1.807) is 12.3 Å². The predicted molar refractivity (Wildman–Crippen MR) is 108 cm³/mol. The van der Waals surface area contributed by atoms with Gasteiger partial charge in [0, 0.05) is 11.9 Å². The van der Waals surface area contributed by atoms with Gasteiger partial charge in [0.1, 0.15) is 0 Å². The lowest BCUT2D eigenvalue weighted by atomic mass is 10.0. The number of anilines is 1. The van der Waals surface area contributed by atoms with Crippen LogP contribution in [0.15, 0.2) is 103 Å². The highest BCUT2D eigenvalue weighted by Gasteiger charge is 2.21. The van der Waals surface area contributed by atoms with Crippen molar-refractivity contribution in [2.45, 2.75) is 6.10 Å². The predicted octanol–water partition coefficient (Wildman–Crippen LogP) is 5.34. The zero-order chi connectivity index (χ0) is 18.5. The average Bonchev–Trinajstić information content (AvgIpc) is 2.96. The molecule has 0 radical (unpaired) electrons. The van der Waals surface area contributed by atoms with Gasteiger partial charge in [-0.15, -0.1) is 0 Å². The Hall–Kier alpha value is -3.59. The van der Waals surface area contributed by atoms with Crippen molar-refractivity contribution in [1.29, 1.82) is 0 Å². The summed E-state index contributed by atoms with van der Waals surface area (Å²) in [4.78, 5) is 12.9. The number of esters is 1. The van der Waals surface area contributed by atoms with Crippen LogP contribution in [0.4, 0.5) is 5.69 Å². The Morgan fingerprint density at radius 3 is 2.04 bits per heavy atom. The first kappa shape index (κ1) is 16.9. The van der Waals surface area contributed by atoms with Gasteiger partial charge in [0.15, 0.2) is 6.10 Å². The van der Waals surface area contributed by atoms with Crippen molar-refractivity contribution in [3.05, 3.63) is 119 Å². The third-order valence-corrected chi connectivity index (χ3v) is 4.44. The fourth-order valence-electron chi connectivity index (χ4n) is 3.08. The molecule has 1 N–H and O–H groups in total. The molecule has 0 amide bonds. The van der Waals surface area contributed by atoms with Crippen LogP contribution in [0.5, 0.6) is 0 Å². The molecule has 0 bridgehead atoms. The third-order valence-electron chi connectivity index (χ3n) is 4.44. The average molecular weight is 353 g/mol. The van der Waals surface area contributed by atoms with Crippen molar-refractivity contribution in [2.24, 2.45) is 0 Å². The summed E-state index contributed by atoms with van der Waals surface area (Å²) in [5.74, 6) is -0.359. The Labute approximate surface area is 158 Å². The lowest BCUT2D eigenvalue weighted by Gasteiger charge is -2.19. The molecule has 3 aromatic carbocycles. The van der Waals surface area contributed by atoms with Crippen LogP contribution in [0.2, 0.25) is 0 Å². The lowest BCUT2D eigenvalue weighted by molar-refractivity contribution is -0.142. The van der Waals surface area contributed by atoms with E-state index in [-0.39, 0.29) is 5.97 Å². The monoisotopic (exact) mass is 353 g/mol. The molecule has 3 nitrogen and oxygen atoms in total. The number of rotatable bonds is 4. The molecular formula is C24H19NO2. The van der Waals surface area contributed by atoms with Crippen LogP contribution in [0.1, 0.15) is 22.8 Å². The van der Waals surface area contributed by atoms with Crippen LogP contribution >= 0.6 is 0 Å². The Morgan fingerprint density at radius 2 is 1.37 bits per heavy atom. The molecule has 0 unspecified atom stereocenters. The SMILES string of the molecule is O=C(OC(c1ccccc1)c1ccccc1)C1=Cc2ccccc2NC=C1. The summed E-state index contributed by atoms with van der Waals surface area (Å²) in [6, 6.07) is 27.4. The second kappa shape index (κ2) is 7.75. The first-order valence-corrected chi connectivity index (χ1v) is 8.86. The molecule has 0 saturated carbocycles. The summed E-state index contributed by atoms with van der Waals surface area (Å²) in [7, 11) is 0. The number of carbonyl (C=O) groups excluding carboxylic acids is 1. The van der Waals surface area contributed by atoms with E-state index in [4.69, 9.17) is 4.74 Å². The van der Waals surface area contributed by atoms with Crippen molar-refractivity contribution in [1.82, 2.24) is 0 Å². The molecule has 132 valence electrons. The maximum absolute atomic E-state index is 12.9. The van der Waals surface area contributed by atoms with Gasteiger partial charge in [0.25, 0.3) is 0 Å². The highest BCUT2D eigenvalue weighted by molar-refractivity contribution is 5.98. The fraction of sp³-hybridized carbons (Fsp3) is 0.0417. The van der Waals surface area contributed by atoms with Crippen LogP contribution in [0, 0.1) is 0 Å². The van der Waals surface area contributed by atoms with E-state index in [0.717, 1.165) is 22.4 Å². The van der Waals surface area contributed by atoms with Gasteiger partial charge in [-0.3, -0.25) is 0 Å². The van der Waals surface area contributed by atoms with Gasteiger partial charge in [-0.25, -0.2) is 4.79 Å². The van der Waals surface area contributed by atoms with Crippen molar-refractivity contribution in [3.63, 3.8) is 0 Å². The van der Waals surface area contributed by atoms with Crippen LogP contribution in [-0.4, -0.2) is 5.97 Å². The van der Waals surface area contributed by atoms with E-state index in [2.05, 4.69) is 5.32 Å². The number of hydrogen-bond acceptors (Lipinski definition) is 3. The highest BCUT2D eigenvalue weighted by atomic mass is 16.5. The van der Waals surface area contributed by atoms with Gasteiger partial charge in [-0.05, 0) is 34.9 Å². The molecule has 0 spiro atoms. The zero-order valence-corrected chi connectivity index (χ0v) is 14.7. The number of ether oxygens (including phenoxy) is 1. The molecule has 0 aromatic heterocycles. The molecule has 3 heteroatoms. The van der Waals surface area contributed by atoms with Crippen molar-refractivity contribution in [2.75, 3.05) is 5.32 Å². The molecule has 0 aliphatic carbocycles. The molecule has 1 heterocycles. The number of hydrogen-bond donors (Lipinski definition) is 1. The molecule has 0 fully saturated rings. The van der Waals surface area contributed by atoms with E-state index in [9.17, 15) is 4.79 Å². The number of carbonyl (C=O) groups is 1. The molecule has 27 heavy (non-hydrogen) atoms. The van der Waals surface area contributed by atoms with Gasteiger partial charge in [-0.2, -0.15) is 0 Å². The zero-order valence-electron chi connectivity index (χ0n) is 14.7. The van der Waals surface area contributed by atoms with Gasteiger partial charge in [0.05, 0.1) is 5.57 Å². The standard InChI is InChI=1S/C24H19NO2/c26-24(21-15-16-25-22-14-8-7-13-20(22)17-21)27-23(18-9-3-1-4-10-18)19-11-5-2-6-12-19/h1-17,23,25H. The van der Waals surface area contributed by atoms with Crippen molar-refractivity contribution < 1.29 is 9.53 Å².